The molecule has 0 unspecified atom stereocenters. The van der Waals surface area contributed by atoms with Gasteiger partial charge >= 0.3 is 0 Å². The van der Waals surface area contributed by atoms with Crippen molar-refractivity contribution in [3.8, 4) is 22.4 Å². The van der Waals surface area contributed by atoms with Crippen LogP contribution in [0.25, 0.3) is 22.4 Å². The van der Waals surface area contributed by atoms with E-state index in [0.29, 0.717) is 17.5 Å². The lowest BCUT2D eigenvalue weighted by Crippen LogP contribution is -2.14. The molecule has 0 atom stereocenters. The van der Waals surface area contributed by atoms with E-state index in [1.165, 1.54) is 48.1 Å². The first-order valence-electron chi connectivity index (χ1n) is 9.19. The van der Waals surface area contributed by atoms with Crippen molar-refractivity contribution in [2.75, 3.05) is 5.32 Å². The minimum atomic E-state index is 0.0947. The molecule has 0 saturated heterocycles. The summed E-state index contributed by atoms with van der Waals surface area (Å²) in [6, 6.07) is 18.7. The SMILES string of the molecule is O=C(CC1CCCC1)Nc1nc(-c2ccc(-c3ccccc3)cc2)cs1. The number of nitrogens with one attached hydrogen (secondary N) is 1. The summed E-state index contributed by atoms with van der Waals surface area (Å²) in [5.41, 5.74) is 4.37. The molecule has 3 aromatic rings. The molecule has 0 aliphatic heterocycles. The van der Waals surface area contributed by atoms with Gasteiger partial charge in [-0.2, -0.15) is 0 Å². The number of rotatable bonds is 5. The average Bonchev–Trinajstić information content (AvgIpc) is 3.35. The minimum absolute atomic E-state index is 0.0947. The number of thiazole rings is 1. The maximum absolute atomic E-state index is 12.2. The van der Waals surface area contributed by atoms with Crippen LogP contribution in [0.4, 0.5) is 5.13 Å². The smallest absolute Gasteiger partial charge is 0.226 e. The van der Waals surface area contributed by atoms with Crippen LogP contribution in [0.3, 0.4) is 0 Å². The van der Waals surface area contributed by atoms with Gasteiger partial charge < -0.3 is 5.32 Å². The van der Waals surface area contributed by atoms with Crippen LogP contribution in [0.5, 0.6) is 0 Å². The largest absolute Gasteiger partial charge is 0.302 e. The molecule has 1 aliphatic rings. The summed E-state index contributed by atoms with van der Waals surface area (Å²) in [5.74, 6) is 0.650. The summed E-state index contributed by atoms with van der Waals surface area (Å²) >= 11 is 1.49. The zero-order chi connectivity index (χ0) is 17.8. The monoisotopic (exact) mass is 362 g/mol. The normalized spacial score (nSPS) is 14.5. The van der Waals surface area contributed by atoms with Crippen molar-refractivity contribution in [2.45, 2.75) is 32.1 Å². The lowest BCUT2D eigenvalue weighted by molar-refractivity contribution is -0.117. The molecule has 0 radical (unpaired) electrons. The van der Waals surface area contributed by atoms with E-state index in [1.807, 2.05) is 23.6 Å². The fourth-order valence-corrected chi connectivity index (χ4v) is 4.31. The molecule has 1 aromatic heterocycles. The molecule has 0 bridgehead atoms. The maximum atomic E-state index is 12.2. The van der Waals surface area contributed by atoms with Crippen LogP contribution in [-0.2, 0) is 4.79 Å². The van der Waals surface area contributed by atoms with Gasteiger partial charge in [0.05, 0.1) is 5.69 Å². The van der Waals surface area contributed by atoms with E-state index in [9.17, 15) is 4.79 Å². The van der Waals surface area contributed by atoms with Gasteiger partial charge in [0.2, 0.25) is 5.91 Å². The number of hydrogen-bond donors (Lipinski definition) is 1. The third kappa shape index (κ3) is 4.02. The van der Waals surface area contributed by atoms with Gasteiger partial charge in [-0.1, -0.05) is 67.4 Å². The van der Waals surface area contributed by atoms with Gasteiger partial charge in [0, 0.05) is 17.4 Å². The van der Waals surface area contributed by atoms with E-state index >= 15 is 0 Å². The molecule has 26 heavy (non-hydrogen) atoms. The zero-order valence-electron chi connectivity index (χ0n) is 14.7. The van der Waals surface area contributed by atoms with Crippen LogP contribution in [0, 0.1) is 5.92 Å². The third-order valence-electron chi connectivity index (χ3n) is 4.99. The number of hydrogen-bond acceptors (Lipinski definition) is 3. The summed E-state index contributed by atoms with van der Waals surface area (Å²) in [6.07, 6.45) is 5.52. The fourth-order valence-electron chi connectivity index (χ4n) is 3.57. The van der Waals surface area contributed by atoms with Crippen molar-refractivity contribution < 1.29 is 4.79 Å². The standard InChI is InChI=1S/C22H22N2OS/c25-21(14-16-6-4-5-7-16)24-22-23-20(15-26-22)19-12-10-18(11-13-19)17-8-2-1-3-9-17/h1-3,8-13,15-16H,4-7,14H2,(H,23,24,25). The quantitative estimate of drug-likeness (QED) is 0.605. The van der Waals surface area contributed by atoms with Gasteiger partial charge in [-0.3, -0.25) is 4.79 Å². The van der Waals surface area contributed by atoms with Gasteiger partial charge in [0.1, 0.15) is 0 Å². The number of anilines is 1. The first-order chi connectivity index (χ1) is 12.8. The Hall–Kier alpha value is -2.46. The highest BCUT2D eigenvalue weighted by molar-refractivity contribution is 7.14. The van der Waals surface area contributed by atoms with Crippen LogP contribution >= 0.6 is 11.3 Å². The predicted octanol–water partition coefficient (Wildman–Crippen LogP) is 6.00. The Morgan fingerprint density at radius 3 is 2.35 bits per heavy atom. The van der Waals surface area contributed by atoms with E-state index in [0.717, 1.165) is 11.3 Å². The van der Waals surface area contributed by atoms with Crippen molar-refractivity contribution in [2.24, 2.45) is 5.92 Å². The molecule has 0 spiro atoms. The summed E-state index contributed by atoms with van der Waals surface area (Å²) in [5, 5.41) is 5.66. The Bertz CT molecular complexity index is 865. The van der Waals surface area contributed by atoms with Crippen molar-refractivity contribution in [3.05, 3.63) is 60.0 Å². The Balaban J connectivity index is 1.41. The van der Waals surface area contributed by atoms with Crippen molar-refractivity contribution in [1.82, 2.24) is 4.98 Å². The molecule has 1 saturated carbocycles. The molecule has 4 rings (SSSR count). The number of nitrogens with zero attached hydrogens (tertiary/aromatic N) is 1. The molecule has 2 aromatic carbocycles. The average molecular weight is 362 g/mol. The molecule has 1 aliphatic carbocycles. The number of carbonyl (C=O) groups excluding carboxylic acids is 1. The Kier molecular flexibility index (Phi) is 5.12. The predicted molar refractivity (Wildman–Crippen MR) is 108 cm³/mol. The van der Waals surface area contributed by atoms with E-state index < -0.39 is 0 Å². The molecule has 3 nitrogen and oxygen atoms in total. The second kappa shape index (κ2) is 7.83. The lowest BCUT2D eigenvalue weighted by Gasteiger charge is -2.07. The lowest BCUT2D eigenvalue weighted by atomic mass is 10.0. The topological polar surface area (TPSA) is 42.0 Å². The number of amides is 1. The first-order valence-corrected chi connectivity index (χ1v) is 10.1. The van der Waals surface area contributed by atoms with Gasteiger partial charge in [0.25, 0.3) is 0 Å². The number of benzene rings is 2. The summed E-state index contributed by atoms with van der Waals surface area (Å²) in [4.78, 5) is 16.8. The fraction of sp³-hybridized carbons (Fsp3) is 0.273. The van der Waals surface area contributed by atoms with Crippen molar-refractivity contribution in [3.63, 3.8) is 0 Å². The summed E-state index contributed by atoms with van der Waals surface area (Å²) in [6.45, 7) is 0. The Morgan fingerprint density at radius 2 is 1.62 bits per heavy atom. The molecule has 1 amide bonds. The van der Waals surface area contributed by atoms with Crippen molar-refractivity contribution >= 4 is 22.4 Å². The molecular weight excluding hydrogens is 340 g/mol. The highest BCUT2D eigenvalue weighted by atomic mass is 32.1. The van der Waals surface area contributed by atoms with Crippen LogP contribution < -0.4 is 5.32 Å². The molecular formula is C22H22N2OS. The molecule has 132 valence electrons. The van der Waals surface area contributed by atoms with E-state index in [2.05, 4.69) is 46.7 Å². The van der Waals surface area contributed by atoms with Gasteiger partial charge in [-0.25, -0.2) is 4.98 Å². The van der Waals surface area contributed by atoms with E-state index in [-0.39, 0.29) is 5.91 Å². The number of carbonyl (C=O) groups is 1. The van der Waals surface area contributed by atoms with E-state index in [1.54, 1.807) is 0 Å². The molecule has 4 heteroatoms. The van der Waals surface area contributed by atoms with Crippen LogP contribution in [-0.4, -0.2) is 10.9 Å². The highest BCUT2D eigenvalue weighted by Gasteiger charge is 2.19. The Labute approximate surface area is 158 Å². The second-order valence-corrected chi connectivity index (χ2v) is 7.74. The maximum Gasteiger partial charge on any atom is 0.226 e. The molecule has 1 fully saturated rings. The van der Waals surface area contributed by atoms with Crippen LogP contribution in [0.15, 0.2) is 60.0 Å². The highest BCUT2D eigenvalue weighted by Crippen LogP contribution is 2.30. The van der Waals surface area contributed by atoms with Gasteiger partial charge in [-0.15, -0.1) is 11.3 Å². The van der Waals surface area contributed by atoms with Gasteiger partial charge in [0.15, 0.2) is 5.13 Å². The second-order valence-electron chi connectivity index (χ2n) is 6.88. The van der Waals surface area contributed by atoms with Crippen LogP contribution in [0.2, 0.25) is 0 Å². The van der Waals surface area contributed by atoms with Crippen molar-refractivity contribution in [1.29, 1.82) is 0 Å². The number of aromatic nitrogens is 1. The molecule has 1 heterocycles. The first kappa shape index (κ1) is 17.0. The third-order valence-corrected chi connectivity index (χ3v) is 5.74. The Morgan fingerprint density at radius 1 is 0.962 bits per heavy atom. The summed E-state index contributed by atoms with van der Waals surface area (Å²) in [7, 11) is 0. The minimum Gasteiger partial charge on any atom is -0.302 e. The van der Waals surface area contributed by atoms with E-state index in [4.69, 9.17) is 0 Å². The van der Waals surface area contributed by atoms with Gasteiger partial charge in [-0.05, 0) is 29.9 Å². The summed E-state index contributed by atoms with van der Waals surface area (Å²) < 4.78 is 0. The molecule has 1 N–H and O–H groups in total. The zero-order valence-corrected chi connectivity index (χ0v) is 15.5. The van der Waals surface area contributed by atoms with Crippen LogP contribution in [0.1, 0.15) is 32.1 Å².